The van der Waals surface area contributed by atoms with Crippen molar-refractivity contribution in [3.8, 4) is 0 Å². The fourth-order valence-corrected chi connectivity index (χ4v) is 4.35. The number of rotatable bonds is 6. The van der Waals surface area contributed by atoms with Crippen LogP contribution in [0, 0.1) is 11.6 Å². The molecule has 0 spiro atoms. The largest absolute Gasteiger partial charge is 0.480 e. The van der Waals surface area contributed by atoms with Gasteiger partial charge in [0.05, 0.1) is 5.69 Å². The molecule has 0 bridgehead atoms. The Morgan fingerprint density at radius 2 is 1.85 bits per heavy atom. The number of amides is 1. The number of carboxylic acids is 1. The van der Waals surface area contributed by atoms with Crippen LogP contribution < -0.4 is 5.32 Å². The Hall–Kier alpha value is -3.81. The molecule has 1 aliphatic rings. The molecule has 0 fully saturated rings. The number of allylic oxidation sites excluding steroid dienone is 1. The van der Waals surface area contributed by atoms with Gasteiger partial charge in [0.25, 0.3) is 5.91 Å². The Bertz CT molecular complexity index is 1250. The Kier molecular flexibility index (Phi) is 6.86. The van der Waals surface area contributed by atoms with Crippen molar-refractivity contribution in [1.82, 2.24) is 15.1 Å². The fourth-order valence-electron chi connectivity index (χ4n) is 4.35. The highest BCUT2D eigenvalue weighted by molar-refractivity contribution is 5.98. The standard InChI is InChI=1S/C26H25F2N3O3/c1-31-24-18(13-17-5-4-7-20(28)14-17)6-2-3-8-21(24)23(30-31)25(32)29-22(26(33)34)15-16-9-11-19(27)12-10-16/h4-5,7,9-14,22H,2-3,6,8,15H2,1H3,(H,29,32)(H,33,34)/b18-13+/t22-/m1/s1. The lowest BCUT2D eigenvalue weighted by Crippen LogP contribution is -2.42. The van der Waals surface area contributed by atoms with E-state index in [1.165, 1.54) is 36.4 Å². The van der Waals surface area contributed by atoms with Crippen LogP contribution in [0.2, 0.25) is 0 Å². The summed E-state index contributed by atoms with van der Waals surface area (Å²) in [6.07, 6.45) is 5.05. The number of aryl methyl sites for hydroxylation is 1. The van der Waals surface area contributed by atoms with Gasteiger partial charge in [0.15, 0.2) is 5.69 Å². The molecule has 1 heterocycles. The topological polar surface area (TPSA) is 84.2 Å². The van der Waals surface area contributed by atoms with Crippen molar-refractivity contribution >= 4 is 23.5 Å². The summed E-state index contributed by atoms with van der Waals surface area (Å²) in [4.78, 5) is 24.9. The number of aliphatic carboxylic acids is 1. The molecule has 6 nitrogen and oxygen atoms in total. The predicted molar refractivity (Wildman–Crippen MR) is 124 cm³/mol. The third-order valence-electron chi connectivity index (χ3n) is 5.93. The summed E-state index contributed by atoms with van der Waals surface area (Å²) in [5, 5.41) is 16.6. The van der Waals surface area contributed by atoms with Gasteiger partial charge in [-0.05, 0) is 72.7 Å². The van der Waals surface area contributed by atoms with E-state index in [1.807, 2.05) is 12.1 Å². The van der Waals surface area contributed by atoms with Gasteiger partial charge < -0.3 is 10.4 Å². The maximum absolute atomic E-state index is 13.7. The molecular weight excluding hydrogens is 440 g/mol. The molecule has 0 saturated heterocycles. The van der Waals surface area contributed by atoms with Crippen molar-refractivity contribution in [3.05, 3.63) is 88.2 Å². The number of benzene rings is 2. The van der Waals surface area contributed by atoms with Crippen LogP contribution in [0.4, 0.5) is 8.78 Å². The van der Waals surface area contributed by atoms with Crippen molar-refractivity contribution < 1.29 is 23.5 Å². The van der Waals surface area contributed by atoms with E-state index in [4.69, 9.17) is 0 Å². The monoisotopic (exact) mass is 465 g/mol. The zero-order valence-corrected chi connectivity index (χ0v) is 18.7. The average molecular weight is 466 g/mol. The fraction of sp³-hybridized carbons (Fsp3) is 0.269. The molecule has 34 heavy (non-hydrogen) atoms. The van der Waals surface area contributed by atoms with Crippen molar-refractivity contribution in [2.75, 3.05) is 0 Å². The number of carboxylic acid groups (broad SMARTS) is 1. The summed E-state index contributed by atoms with van der Waals surface area (Å²) in [6.45, 7) is 0. The van der Waals surface area contributed by atoms with Crippen LogP contribution in [-0.4, -0.2) is 32.8 Å². The third kappa shape index (κ3) is 5.22. The second kappa shape index (κ2) is 9.99. The first-order chi connectivity index (χ1) is 16.3. The summed E-state index contributed by atoms with van der Waals surface area (Å²) in [5.74, 6) is -2.50. The molecule has 0 radical (unpaired) electrons. The van der Waals surface area contributed by atoms with Crippen LogP contribution >= 0.6 is 0 Å². The Balaban J connectivity index is 1.63. The van der Waals surface area contributed by atoms with Gasteiger partial charge in [-0.15, -0.1) is 0 Å². The van der Waals surface area contributed by atoms with E-state index in [1.54, 1.807) is 17.8 Å². The summed E-state index contributed by atoms with van der Waals surface area (Å²) < 4.78 is 28.5. The number of carbonyl (C=O) groups is 2. The van der Waals surface area contributed by atoms with Gasteiger partial charge in [0.2, 0.25) is 0 Å². The van der Waals surface area contributed by atoms with Crippen molar-refractivity contribution in [2.24, 2.45) is 7.05 Å². The highest BCUT2D eigenvalue weighted by Crippen LogP contribution is 2.33. The summed E-state index contributed by atoms with van der Waals surface area (Å²) in [5.41, 5.74) is 4.01. The minimum atomic E-state index is -1.19. The molecule has 2 aromatic carbocycles. The van der Waals surface area contributed by atoms with Crippen LogP contribution in [-0.2, 0) is 24.7 Å². The summed E-state index contributed by atoms with van der Waals surface area (Å²) in [6, 6.07) is 10.6. The average Bonchev–Trinajstić information content (AvgIpc) is 2.98. The first-order valence-corrected chi connectivity index (χ1v) is 11.1. The molecule has 4 rings (SSSR count). The quantitative estimate of drug-likeness (QED) is 0.529. The molecule has 176 valence electrons. The Labute approximate surface area is 195 Å². The number of aromatic nitrogens is 2. The zero-order valence-electron chi connectivity index (χ0n) is 18.7. The highest BCUT2D eigenvalue weighted by atomic mass is 19.1. The Morgan fingerprint density at radius 1 is 1.12 bits per heavy atom. The minimum Gasteiger partial charge on any atom is -0.480 e. The van der Waals surface area contributed by atoms with Gasteiger partial charge in [0, 0.05) is 19.0 Å². The highest BCUT2D eigenvalue weighted by Gasteiger charge is 2.28. The van der Waals surface area contributed by atoms with Crippen LogP contribution in [0.5, 0.6) is 0 Å². The number of nitrogens with zero attached hydrogens (tertiary/aromatic N) is 2. The first-order valence-electron chi connectivity index (χ1n) is 11.1. The van der Waals surface area contributed by atoms with Gasteiger partial charge in [-0.3, -0.25) is 9.48 Å². The molecular formula is C26H25F2N3O3. The van der Waals surface area contributed by atoms with Crippen molar-refractivity contribution in [1.29, 1.82) is 0 Å². The van der Waals surface area contributed by atoms with E-state index < -0.39 is 23.7 Å². The van der Waals surface area contributed by atoms with E-state index in [0.29, 0.717) is 12.0 Å². The van der Waals surface area contributed by atoms with Crippen LogP contribution in [0.15, 0.2) is 48.5 Å². The van der Waals surface area contributed by atoms with Gasteiger partial charge >= 0.3 is 5.97 Å². The first kappa shape index (κ1) is 23.4. The Morgan fingerprint density at radius 3 is 2.56 bits per heavy atom. The molecule has 2 N–H and O–H groups in total. The molecule has 0 saturated carbocycles. The van der Waals surface area contributed by atoms with E-state index in [0.717, 1.165) is 41.7 Å². The molecule has 0 aliphatic heterocycles. The van der Waals surface area contributed by atoms with Gasteiger partial charge in [-0.25, -0.2) is 13.6 Å². The van der Waals surface area contributed by atoms with E-state index in [2.05, 4.69) is 10.4 Å². The van der Waals surface area contributed by atoms with Crippen LogP contribution in [0.1, 0.15) is 52.1 Å². The normalized spacial score (nSPS) is 15.4. The molecule has 1 aliphatic carbocycles. The maximum Gasteiger partial charge on any atom is 0.326 e. The number of hydrogen-bond acceptors (Lipinski definition) is 3. The number of hydrogen-bond donors (Lipinski definition) is 2. The number of nitrogens with one attached hydrogen (secondary N) is 1. The van der Waals surface area contributed by atoms with Crippen LogP contribution in [0.25, 0.3) is 11.6 Å². The SMILES string of the molecule is Cn1nc(C(=O)N[C@H](Cc2ccc(F)cc2)C(=O)O)c2c1/C(=C/c1cccc(F)c1)CCCC2. The summed E-state index contributed by atoms with van der Waals surface area (Å²) in [7, 11) is 1.74. The van der Waals surface area contributed by atoms with E-state index >= 15 is 0 Å². The molecule has 1 aromatic heterocycles. The smallest absolute Gasteiger partial charge is 0.326 e. The second-order valence-corrected chi connectivity index (χ2v) is 8.43. The van der Waals surface area contributed by atoms with E-state index in [-0.39, 0.29) is 17.9 Å². The molecule has 3 aromatic rings. The van der Waals surface area contributed by atoms with Crippen LogP contribution in [0.3, 0.4) is 0 Å². The third-order valence-corrected chi connectivity index (χ3v) is 5.93. The van der Waals surface area contributed by atoms with Gasteiger partial charge in [-0.1, -0.05) is 24.3 Å². The van der Waals surface area contributed by atoms with Gasteiger partial charge in [-0.2, -0.15) is 5.10 Å². The van der Waals surface area contributed by atoms with E-state index in [9.17, 15) is 23.5 Å². The lowest BCUT2D eigenvalue weighted by molar-refractivity contribution is -0.139. The number of halogens is 2. The van der Waals surface area contributed by atoms with Gasteiger partial charge in [0.1, 0.15) is 17.7 Å². The lowest BCUT2D eigenvalue weighted by atomic mass is 10.0. The molecule has 1 amide bonds. The molecule has 8 heteroatoms. The van der Waals surface area contributed by atoms with Crippen molar-refractivity contribution in [2.45, 2.75) is 38.1 Å². The molecule has 1 atom stereocenters. The van der Waals surface area contributed by atoms with Crippen molar-refractivity contribution in [3.63, 3.8) is 0 Å². The number of carbonyl (C=O) groups excluding carboxylic acids is 1. The minimum absolute atomic E-state index is 0.0150. The molecule has 0 unspecified atom stereocenters. The lowest BCUT2D eigenvalue weighted by Gasteiger charge is -2.14. The zero-order chi connectivity index (χ0) is 24.2. The number of fused-ring (bicyclic) bond motifs is 1. The maximum atomic E-state index is 13.7. The predicted octanol–water partition coefficient (Wildman–Crippen LogP) is 4.39. The second-order valence-electron chi connectivity index (χ2n) is 8.43. The summed E-state index contributed by atoms with van der Waals surface area (Å²) >= 11 is 0.